The zero-order chi connectivity index (χ0) is 15.6. The molecule has 4 amide bonds. The van der Waals surface area contributed by atoms with Gasteiger partial charge in [-0.1, -0.05) is 6.07 Å². The summed E-state index contributed by atoms with van der Waals surface area (Å²) in [7, 11) is 0. The average Bonchev–Trinajstić information content (AvgIpc) is 2.44. The molecular formula is C14H13FN2O4. The fourth-order valence-corrected chi connectivity index (χ4v) is 2.19. The van der Waals surface area contributed by atoms with E-state index in [0.717, 1.165) is 0 Å². The summed E-state index contributed by atoms with van der Waals surface area (Å²) < 4.78 is 13.5. The Morgan fingerprint density at radius 3 is 2.76 bits per heavy atom. The third-order valence-electron chi connectivity index (χ3n) is 3.39. The minimum atomic E-state index is -1.06. The van der Waals surface area contributed by atoms with Crippen LogP contribution in [0, 0.1) is 12.7 Å². The SMILES string of the molecule is Cc1c(F)cccc1C(=O)N(C=O)C1CCC(=O)NC1=O. The van der Waals surface area contributed by atoms with E-state index < -0.39 is 29.6 Å². The van der Waals surface area contributed by atoms with Gasteiger partial charge in [-0.15, -0.1) is 0 Å². The number of hydrogen-bond donors (Lipinski definition) is 1. The number of carbonyl (C=O) groups is 4. The second kappa shape index (κ2) is 5.82. The van der Waals surface area contributed by atoms with Crippen molar-refractivity contribution in [1.29, 1.82) is 0 Å². The second-order valence-electron chi connectivity index (χ2n) is 4.70. The number of imide groups is 2. The van der Waals surface area contributed by atoms with E-state index in [1.807, 2.05) is 0 Å². The van der Waals surface area contributed by atoms with Gasteiger partial charge in [-0.3, -0.25) is 29.4 Å². The van der Waals surface area contributed by atoms with Gasteiger partial charge in [0.15, 0.2) is 0 Å². The highest BCUT2D eigenvalue weighted by Gasteiger charge is 2.35. The van der Waals surface area contributed by atoms with Gasteiger partial charge >= 0.3 is 0 Å². The lowest BCUT2D eigenvalue weighted by Gasteiger charge is -2.28. The number of nitrogens with zero attached hydrogens (tertiary/aromatic N) is 1. The highest BCUT2D eigenvalue weighted by atomic mass is 19.1. The Morgan fingerprint density at radius 1 is 1.43 bits per heavy atom. The summed E-state index contributed by atoms with van der Waals surface area (Å²) in [6, 6.07) is 2.87. The molecule has 7 heteroatoms. The number of piperidine rings is 1. The molecule has 0 saturated carbocycles. The van der Waals surface area contributed by atoms with Crippen LogP contribution in [0.25, 0.3) is 0 Å². The third-order valence-corrected chi connectivity index (χ3v) is 3.39. The van der Waals surface area contributed by atoms with Crippen molar-refractivity contribution in [3.05, 3.63) is 35.1 Å². The molecule has 1 aliphatic heterocycles. The molecule has 1 aliphatic rings. The van der Waals surface area contributed by atoms with E-state index in [1.54, 1.807) is 0 Å². The highest BCUT2D eigenvalue weighted by Crippen LogP contribution is 2.18. The van der Waals surface area contributed by atoms with Crippen LogP contribution in [0.1, 0.15) is 28.8 Å². The summed E-state index contributed by atoms with van der Waals surface area (Å²) in [5.41, 5.74) is 0.105. The number of amides is 4. The maximum Gasteiger partial charge on any atom is 0.261 e. The van der Waals surface area contributed by atoms with Gasteiger partial charge in [0, 0.05) is 12.0 Å². The Morgan fingerprint density at radius 2 is 2.14 bits per heavy atom. The summed E-state index contributed by atoms with van der Waals surface area (Å²) >= 11 is 0. The number of benzene rings is 1. The van der Waals surface area contributed by atoms with Gasteiger partial charge in [-0.25, -0.2) is 4.39 Å². The number of rotatable bonds is 3. The van der Waals surface area contributed by atoms with Crippen LogP contribution in [0.15, 0.2) is 18.2 Å². The minimum absolute atomic E-state index is 0.00630. The molecule has 0 aliphatic carbocycles. The fraction of sp³-hybridized carbons (Fsp3) is 0.286. The number of hydrogen-bond acceptors (Lipinski definition) is 4. The minimum Gasteiger partial charge on any atom is -0.295 e. The normalized spacial score (nSPS) is 18.1. The number of carbonyl (C=O) groups excluding carboxylic acids is 4. The summed E-state index contributed by atoms with van der Waals surface area (Å²) in [5.74, 6) is -2.50. The van der Waals surface area contributed by atoms with Crippen LogP contribution in [0.2, 0.25) is 0 Å². The van der Waals surface area contributed by atoms with E-state index in [2.05, 4.69) is 5.32 Å². The van der Waals surface area contributed by atoms with Crippen molar-refractivity contribution >= 4 is 24.1 Å². The van der Waals surface area contributed by atoms with Crippen molar-refractivity contribution in [2.75, 3.05) is 0 Å². The van der Waals surface area contributed by atoms with Crippen molar-refractivity contribution in [3.8, 4) is 0 Å². The largest absolute Gasteiger partial charge is 0.295 e. The van der Waals surface area contributed by atoms with Crippen molar-refractivity contribution in [3.63, 3.8) is 0 Å². The fourth-order valence-electron chi connectivity index (χ4n) is 2.19. The Bertz CT molecular complexity index is 629. The zero-order valence-corrected chi connectivity index (χ0v) is 11.3. The van der Waals surface area contributed by atoms with E-state index in [9.17, 15) is 23.6 Å². The van der Waals surface area contributed by atoms with Crippen molar-refractivity contribution in [1.82, 2.24) is 10.2 Å². The maximum atomic E-state index is 13.5. The van der Waals surface area contributed by atoms with E-state index in [4.69, 9.17) is 0 Å². The number of nitrogens with one attached hydrogen (secondary N) is 1. The lowest BCUT2D eigenvalue weighted by Crippen LogP contribution is -2.53. The molecule has 1 atom stereocenters. The first-order valence-electron chi connectivity index (χ1n) is 6.32. The standard InChI is InChI=1S/C14H13FN2O4/c1-8-9(3-2-4-10(8)15)14(21)17(7-18)11-5-6-12(19)16-13(11)20/h2-4,7,11H,5-6H2,1H3,(H,16,19,20). The van der Waals surface area contributed by atoms with Crippen LogP contribution >= 0.6 is 0 Å². The van der Waals surface area contributed by atoms with Gasteiger partial charge < -0.3 is 0 Å². The summed E-state index contributed by atoms with van der Waals surface area (Å²) in [4.78, 5) is 47.1. The first-order valence-corrected chi connectivity index (χ1v) is 6.32. The third kappa shape index (κ3) is 2.81. The molecule has 0 aromatic heterocycles. The zero-order valence-electron chi connectivity index (χ0n) is 11.3. The van der Waals surface area contributed by atoms with Crippen molar-refractivity contribution in [2.24, 2.45) is 0 Å². The molecule has 1 unspecified atom stereocenters. The van der Waals surface area contributed by atoms with E-state index in [0.29, 0.717) is 4.90 Å². The quantitative estimate of drug-likeness (QED) is 0.651. The molecule has 1 aromatic rings. The molecule has 110 valence electrons. The van der Waals surface area contributed by atoms with Gasteiger partial charge in [-0.2, -0.15) is 0 Å². The maximum absolute atomic E-state index is 13.5. The first-order chi connectivity index (χ1) is 9.95. The van der Waals surface area contributed by atoms with Crippen LogP contribution in [0.4, 0.5) is 4.39 Å². The molecule has 1 fully saturated rings. The van der Waals surface area contributed by atoms with Crippen LogP contribution in [-0.2, 0) is 14.4 Å². The topological polar surface area (TPSA) is 83.6 Å². The van der Waals surface area contributed by atoms with Gasteiger partial charge in [0.2, 0.25) is 18.2 Å². The predicted molar refractivity (Wildman–Crippen MR) is 69.5 cm³/mol. The molecule has 0 spiro atoms. The molecule has 21 heavy (non-hydrogen) atoms. The molecule has 1 heterocycles. The van der Waals surface area contributed by atoms with Crippen molar-refractivity contribution in [2.45, 2.75) is 25.8 Å². The van der Waals surface area contributed by atoms with Crippen LogP contribution in [-0.4, -0.2) is 35.1 Å². The van der Waals surface area contributed by atoms with Gasteiger partial charge in [0.25, 0.3) is 5.91 Å². The van der Waals surface area contributed by atoms with Gasteiger partial charge in [0.1, 0.15) is 11.9 Å². The smallest absolute Gasteiger partial charge is 0.261 e. The summed E-state index contributed by atoms with van der Waals surface area (Å²) in [6.07, 6.45) is 0.326. The van der Waals surface area contributed by atoms with Gasteiger partial charge in [-0.05, 0) is 31.0 Å². The summed E-state index contributed by atoms with van der Waals surface area (Å²) in [6.45, 7) is 1.41. The molecule has 0 radical (unpaired) electrons. The Labute approximate surface area is 119 Å². The molecule has 2 rings (SSSR count). The predicted octanol–water partition coefficient (Wildman–Crippen LogP) is 0.538. The lowest BCUT2D eigenvalue weighted by molar-refractivity contribution is -0.139. The lowest BCUT2D eigenvalue weighted by atomic mass is 10.0. The van der Waals surface area contributed by atoms with Gasteiger partial charge in [0.05, 0.1) is 0 Å². The van der Waals surface area contributed by atoms with Crippen molar-refractivity contribution < 1.29 is 23.6 Å². The molecular weight excluding hydrogens is 279 g/mol. The molecule has 0 bridgehead atoms. The van der Waals surface area contributed by atoms with Crippen LogP contribution in [0.5, 0.6) is 0 Å². The molecule has 6 nitrogen and oxygen atoms in total. The van der Waals surface area contributed by atoms with E-state index >= 15 is 0 Å². The monoisotopic (exact) mass is 292 g/mol. The Hall–Kier alpha value is -2.57. The second-order valence-corrected chi connectivity index (χ2v) is 4.70. The average molecular weight is 292 g/mol. The molecule has 1 saturated heterocycles. The highest BCUT2D eigenvalue weighted by molar-refractivity contribution is 6.07. The van der Waals surface area contributed by atoms with Crippen LogP contribution in [0.3, 0.4) is 0 Å². The first kappa shape index (κ1) is 14.8. The van der Waals surface area contributed by atoms with E-state index in [1.165, 1.54) is 25.1 Å². The Balaban J connectivity index is 2.31. The summed E-state index contributed by atoms with van der Waals surface area (Å²) in [5, 5.41) is 2.07. The number of halogens is 1. The Kier molecular flexibility index (Phi) is 4.11. The molecule has 1 aromatic carbocycles. The van der Waals surface area contributed by atoms with Crippen LogP contribution < -0.4 is 5.32 Å². The van der Waals surface area contributed by atoms with E-state index in [-0.39, 0.29) is 30.4 Å². The molecule has 1 N–H and O–H groups in total.